The van der Waals surface area contributed by atoms with Crippen molar-refractivity contribution in [3.63, 3.8) is 0 Å². The maximum Gasteiger partial charge on any atom is 0.352 e. The first-order chi connectivity index (χ1) is 15.4. The molecule has 3 aromatic rings. The molecule has 1 aliphatic heterocycles. The summed E-state index contributed by atoms with van der Waals surface area (Å²) in [5.41, 5.74) is 0.163. The van der Waals surface area contributed by atoms with Crippen molar-refractivity contribution in [1.82, 2.24) is 19.7 Å². The van der Waals surface area contributed by atoms with E-state index in [1.807, 2.05) is 25.1 Å². The summed E-state index contributed by atoms with van der Waals surface area (Å²) in [5, 5.41) is 7.28. The van der Waals surface area contributed by atoms with Crippen molar-refractivity contribution in [2.45, 2.75) is 32.4 Å². The quantitative estimate of drug-likeness (QED) is 0.616. The molecular weight excluding hydrogens is 432 g/mol. The van der Waals surface area contributed by atoms with E-state index in [0.29, 0.717) is 17.3 Å². The summed E-state index contributed by atoms with van der Waals surface area (Å²) in [6.07, 6.45) is 1.68. The van der Waals surface area contributed by atoms with Crippen molar-refractivity contribution in [2.75, 3.05) is 13.2 Å². The zero-order valence-electron chi connectivity index (χ0n) is 17.6. The molecule has 0 radical (unpaired) electrons. The van der Waals surface area contributed by atoms with Gasteiger partial charge in [-0.25, -0.2) is 4.79 Å². The number of ether oxygens (including phenoxy) is 1. The SMILES string of the molecule is Cc1ccc(-n2nc(C(=O)NC[C@H]3CCCO3)c(=O)n(Cc3ccccc3)c2=O)cc1Cl. The molecule has 1 aliphatic rings. The summed E-state index contributed by atoms with van der Waals surface area (Å²) in [4.78, 5) is 39.2. The Hall–Kier alpha value is -3.23. The third kappa shape index (κ3) is 4.66. The molecule has 1 atom stereocenters. The Bertz CT molecular complexity index is 1250. The average molecular weight is 455 g/mol. The van der Waals surface area contributed by atoms with Crippen molar-refractivity contribution in [3.8, 4) is 5.69 Å². The van der Waals surface area contributed by atoms with Crippen molar-refractivity contribution in [2.24, 2.45) is 0 Å². The van der Waals surface area contributed by atoms with E-state index in [9.17, 15) is 14.4 Å². The molecule has 2 aromatic carbocycles. The Morgan fingerprint density at radius 1 is 1.22 bits per heavy atom. The lowest BCUT2D eigenvalue weighted by molar-refractivity contribution is 0.0849. The van der Waals surface area contributed by atoms with E-state index in [0.717, 1.165) is 33.2 Å². The van der Waals surface area contributed by atoms with Crippen molar-refractivity contribution in [3.05, 3.63) is 91.2 Å². The summed E-state index contributed by atoms with van der Waals surface area (Å²) in [5.74, 6) is -0.653. The van der Waals surface area contributed by atoms with Crippen LogP contribution in [0.4, 0.5) is 0 Å². The standard InChI is InChI=1S/C23H23ClN4O4/c1-15-9-10-17(12-19(15)24)28-23(31)27(14-16-6-3-2-4-7-16)22(30)20(26-28)21(29)25-13-18-8-5-11-32-18/h2-4,6-7,9-10,12,18H,5,8,11,13-14H2,1H3,(H,25,29)/t18-/m1/s1. The number of rotatable bonds is 6. The Morgan fingerprint density at radius 2 is 2.00 bits per heavy atom. The number of benzene rings is 2. The monoisotopic (exact) mass is 454 g/mol. The zero-order valence-corrected chi connectivity index (χ0v) is 18.3. The molecule has 1 amide bonds. The van der Waals surface area contributed by atoms with Gasteiger partial charge < -0.3 is 10.1 Å². The lowest BCUT2D eigenvalue weighted by Crippen LogP contribution is -2.46. The summed E-state index contributed by atoms with van der Waals surface area (Å²) < 4.78 is 7.57. The van der Waals surface area contributed by atoms with Gasteiger partial charge in [-0.05, 0) is 43.0 Å². The van der Waals surface area contributed by atoms with Gasteiger partial charge in [0, 0.05) is 18.2 Å². The van der Waals surface area contributed by atoms with E-state index < -0.39 is 17.2 Å². The molecule has 0 unspecified atom stereocenters. The first-order valence-corrected chi connectivity index (χ1v) is 10.8. The number of halogens is 1. The normalized spacial score (nSPS) is 15.6. The highest BCUT2D eigenvalue weighted by Gasteiger charge is 2.23. The lowest BCUT2D eigenvalue weighted by Gasteiger charge is -2.14. The second-order valence-corrected chi connectivity index (χ2v) is 8.11. The van der Waals surface area contributed by atoms with E-state index in [-0.39, 0.29) is 24.9 Å². The van der Waals surface area contributed by atoms with Crippen LogP contribution in [0, 0.1) is 6.92 Å². The van der Waals surface area contributed by atoms with Crippen LogP contribution in [-0.4, -0.2) is 39.5 Å². The number of amides is 1. The van der Waals surface area contributed by atoms with Crippen molar-refractivity contribution < 1.29 is 9.53 Å². The van der Waals surface area contributed by atoms with Crippen LogP contribution in [0.25, 0.3) is 5.69 Å². The molecule has 0 spiro atoms. The van der Waals surface area contributed by atoms with E-state index in [1.54, 1.807) is 30.3 Å². The smallest absolute Gasteiger partial charge is 0.352 e. The minimum atomic E-state index is -0.752. The molecule has 1 N–H and O–H groups in total. The molecular formula is C23H23ClN4O4. The molecule has 8 nitrogen and oxygen atoms in total. The van der Waals surface area contributed by atoms with Gasteiger partial charge >= 0.3 is 5.69 Å². The van der Waals surface area contributed by atoms with E-state index in [2.05, 4.69) is 10.4 Å². The number of hydrogen-bond acceptors (Lipinski definition) is 5. The number of hydrogen-bond donors (Lipinski definition) is 1. The highest BCUT2D eigenvalue weighted by molar-refractivity contribution is 6.31. The van der Waals surface area contributed by atoms with Crippen LogP contribution in [0.3, 0.4) is 0 Å². The van der Waals surface area contributed by atoms with E-state index in [1.165, 1.54) is 0 Å². The van der Waals surface area contributed by atoms with Crippen LogP contribution < -0.4 is 16.6 Å². The number of carbonyl (C=O) groups is 1. The van der Waals surface area contributed by atoms with Gasteiger partial charge in [0.2, 0.25) is 5.69 Å². The molecule has 32 heavy (non-hydrogen) atoms. The summed E-state index contributed by atoms with van der Waals surface area (Å²) in [6.45, 7) is 2.77. The van der Waals surface area contributed by atoms with Gasteiger partial charge in [-0.15, -0.1) is 0 Å². The fourth-order valence-electron chi connectivity index (χ4n) is 3.54. The first kappa shape index (κ1) is 22.0. The number of aromatic nitrogens is 3. The topological polar surface area (TPSA) is 95.2 Å². The number of aryl methyl sites for hydroxylation is 1. The van der Waals surface area contributed by atoms with E-state index in [4.69, 9.17) is 16.3 Å². The third-order valence-electron chi connectivity index (χ3n) is 5.37. The molecule has 9 heteroatoms. The minimum absolute atomic E-state index is 0.00658. The number of nitrogens with zero attached hydrogens (tertiary/aromatic N) is 3. The van der Waals surface area contributed by atoms with Gasteiger partial charge in [0.1, 0.15) is 0 Å². The number of carbonyl (C=O) groups excluding carboxylic acids is 1. The van der Waals surface area contributed by atoms with Crippen molar-refractivity contribution >= 4 is 17.5 Å². The predicted molar refractivity (Wildman–Crippen MR) is 121 cm³/mol. The van der Waals surface area contributed by atoms with Gasteiger partial charge in [0.05, 0.1) is 18.3 Å². The predicted octanol–water partition coefficient (Wildman–Crippen LogP) is 2.31. The molecule has 1 aromatic heterocycles. The summed E-state index contributed by atoms with van der Waals surface area (Å²) in [6, 6.07) is 14.1. The van der Waals surface area contributed by atoms with Crippen LogP contribution in [0.1, 0.15) is 34.5 Å². The van der Waals surface area contributed by atoms with Crippen LogP contribution in [0.5, 0.6) is 0 Å². The molecule has 1 saturated heterocycles. The third-order valence-corrected chi connectivity index (χ3v) is 5.78. The Morgan fingerprint density at radius 3 is 2.69 bits per heavy atom. The largest absolute Gasteiger partial charge is 0.376 e. The van der Waals surface area contributed by atoms with Crippen LogP contribution in [0.15, 0.2) is 58.1 Å². The second-order valence-electron chi connectivity index (χ2n) is 7.70. The molecule has 166 valence electrons. The van der Waals surface area contributed by atoms with Gasteiger partial charge in [-0.1, -0.05) is 48.0 Å². The highest BCUT2D eigenvalue weighted by Crippen LogP contribution is 2.18. The first-order valence-electron chi connectivity index (χ1n) is 10.4. The maximum absolute atomic E-state index is 13.2. The second kappa shape index (κ2) is 9.50. The Kier molecular flexibility index (Phi) is 6.53. The Labute approximate surface area is 189 Å². The lowest BCUT2D eigenvalue weighted by atomic mass is 10.2. The molecule has 0 aliphatic carbocycles. The molecule has 4 rings (SSSR count). The number of nitrogens with one attached hydrogen (secondary N) is 1. The Balaban J connectivity index is 1.78. The summed E-state index contributed by atoms with van der Waals surface area (Å²) in [7, 11) is 0. The van der Waals surface area contributed by atoms with Gasteiger partial charge in [0.15, 0.2) is 0 Å². The molecule has 2 heterocycles. The van der Waals surface area contributed by atoms with Gasteiger partial charge in [-0.2, -0.15) is 9.78 Å². The van der Waals surface area contributed by atoms with Crippen LogP contribution in [0.2, 0.25) is 5.02 Å². The molecule has 0 saturated carbocycles. The summed E-state index contributed by atoms with van der Waals surface area (Å²) >= 11 is 6.24. The molecule has 1 fully saturated rings. The van der Waals surface area contributed by atoms with Crippen LogP contribution in [-0.2, 0) is 11.3 Å². The maximum atomic E-state index is 13.2. The van der Waals surface area contributed by atoms with Crippen molar-refractivity contribution in [1.29, 1.82) is 0 Å². The average Bonchev–Trinajstić information content (AvgIpc) is 3.32. The fourth-order valence-corrected chi connectivity index (χ4v) is 3.71. The zero-order chi connectivity index (χ0) is 22.7. The van der Waals surface area contributed by atoms with Crippen LogP contribution >= 0.6 is 11.6 Å². The van der Waals surface area contributed by atoms with Gasteiger partial charge in [-0.3, -0.25) is 14.2 Å². The minimum Gasteiger partial charge on any atom is -0.376 e. The fraction of sp³-hybridized carbons (Fsp3) is 0.304. The molecule has 0 bridgehead atoms. The van der Waals surface area contributed by atoms with E-state index >= 15 is 0 Å². The highest BCUT2D eigenvalue weighted by atomic mass is 35.5. The van der Waals surface area contributed by atoms with Gasteiger partial charge in [0.25, 0.3) is 11.5 Å².